The zero-order valence-electron chi connectivity index (χ0n) is 11.0. The molecule has 2 aromatic rings. The lowest BCUT2D eigenvalue weighted by Crippen LogP contribution is -2.43. The van der Waals surface area contributed by atoms with E-state index < -0.39 is 5.60 Å². The van der Waals surface area contributed by atoms with Crippen LogP contribution in [-0.2, 0) is 12.0 Å². The Labute approximate surface area is 116 Å². The van der Waals surface area contributed by atoms with Crippen molar-refractivity contribution in [1.82, 2.24) is 10.5 Å². The highest BCUT2D eigenvalue weighted by Gasteiger charge is 2.34. The molecule has 1 aromatic heterocycles. The number of rotatable bonds is 3. The zero-order valence-corrected chi connectivity index (χ0v) is 11.0. The van der Waals surface area contributed by atoms with Gasteiger partial charge in [0.25, 0.3) is 5.91 Å². The smallest absolute Gasteiger partial charge is 0.273 e. The number of fused-ring (bicyclic) bond motifs is 1. The second kappa shape index (κ2) is 5.09. The van der Waals surface area contributed by atoms with Crippen molar-refractivity contribution in [2.24, 2.45) is 0 Å². The molecule has 1 amide bonds. The molecule has 104 valence electrons. The predicted molar refractivity (Wildman–Crippen MR) is 72.1 cm³/mol. The summed E-state index contributed by atoms with van der Waals surface area (Å²) < 4.78 is 4.64. The number of hydrogen-bond donors (Lipinski definition) is 2. The minimum absolute atomic E-state index is 0.176. The van der Waals surface area contributed by atoms with E-state index in [9.17, 15) is 9.90 Å². The van der Waals surface area contributed by atoms with Gasteiger partial charge in [0.05, 0.1) is 6.54 Å². The normalized spacial score (nSPS) is 21.2. The van der Waals surface area contributed by atoms with E-state index in [1.807, 2.05) is 24.3 Å². The summed E-state index contributed by atoms with van der Waals surface area (Å²) in [6.07, 6.45) is 3.87. The third-order valence-corrected chi connectivity index (χ3v) is 3.77. The van der Waals surface area contributed by atoms with Crippen LogP contribution in [0.2, 0.25) is 0 Å². The van der Waals surface area contributed by atoms with Gasteiger partial charge in [-0.1, -0.05) is 29.4 Å². The molecule has 1 aliphatic rings. The number of benzene rings is 1. The average Bonchev–Trinajstić information content (AvgIpc) is 3.00. The van der Waals surface area contributed by atoms with Crippen LogP contribution in [0.25, 0.3) is 0 Å². The van der Waals surface area contributed by atoms with Crippen LogP contribution in [-0.4, -0.2) is 22.7 Å². The first-order chi connectivity index (χ1) is 9.69. The summed E-state index contributed by atoms with van der Waals surface area (Å²) in [6, 6.07) is 9.33. The molecule has 5 heteroatoms. The van der Waals surface area contributed by atoms with Gasteiger partial charge in [0, 0.05) is 6.07 Å². The number of carbonyl (C=O) groups excluding carboxylic acids is 1. The molecule has 1 aromatic carbocycles. The van der Waals surface area contributed by atoms with E-state index in [1.165, 1.54) is 12.3 Å². The van der Waals surface area contributed by atoms with Crippen LogP contribution in [0.1, 0.15) is 34.5 Å². The maximum atomic E-state index is 11.9. The summed E-state index contributed by atoms with van der Waals surface area (Å²) in [5.41, 5.74) is 1.27. The highest BCUT2D eigenvalue weighted by molar-refractivity contribution is 5.92. The molecule has 3 rings (SSSR count). The molecular weight excluding hydrogens is 256 g/mol. The van der Waals surface area contributed by atoms with E-state index in [0.29, 0.717) is 6.42 Å². The van der Waals surface area contributed by atoms with Crippen molar-refractivity contribution in [3.8, 4) is 0 Å². The molecule has 0 radical (unpaired) electrons. The van der Waals surface area contributed by atoms with Crippen molar-refractivity contribution in [2.45, 2.75) is 24.9 Å². The number of hydrogen-bond acceptors (Lipinski definition) is 4. The molecule has 0 saturated heterocycles. The van der Waals surface area contributed by atoms with Crippen LogP contribution in [0.4, 0.5) is 0 Å². The van der Waals surface area contributed by atoms with E-state index in [0.717, 1.165) is 24.0 Å². The number of nitrogens with one attached hydrogen (secondary N) is 1. The Morgan fingerprint density at radius 2 is 2.25 bits per heavy atom. The van der Waals surface area contributed by atoms with Gasteiger partial charge >= 0.3 is 0 Å². The van der Waals surface area contributed by atoms with E-state index in [-0.39, 0.29) is 18.1 Å². The van der Waals surface area contributed by atoms with Gasteiger partial charge in [-0.05, 0) is 30.4 Å². The Bertz CT molecular complexity index is 609. The highest BCUT2D eigenvalue weighted by atomic mass is 16.5. The van der Waals surface area contributed by atoms with Gasteiger partial charge in [0.2, 0.25) is 0 Å². The van der Waals surface area contributed by atoms with Crippen molar-refractivity contribution in [3.05, 3.63) is 53.4 Å². The lowest BCUT2D eigenvalue weighted by atomic mass is 9.79. The second-order valence-electron chi connectivity index (χ2n) is 5.11. The number of aromatic nitrogens is 1. The monoisotopic (exact) mass is 272 g/mol. The summed E-state index contributed by atoms with van der Waals surface area (Å²) in [5.74, 6) is -0.338. The molecule has 20 heavy (non-hydrogen) atoms. The molecule has 0 fully saturated rings. The van der Waals surface area contributed by atoms with Gasteiger partial charge in [-0.2, -0.15) is 0 Å². The summed E-state index contributed by atoms with van der Waals surface area (Å²) in [7, 11) is 0. The Balaban J connectivity index is 1.76. The van der Waals surface area contributed by atoms with Gasteiger partial charge in [0.1, 0.15) is 11.9 Å². The quantitative estimate of drug-likeness (QED) is 0.890. The molecular formula is C15H16N2O3. The lowest BCUT2D eigenvalue weighted by Gasteiger charge is -2.34. The average molecular weight is 272 g/mol. The first-order valence-corrected chi connectivity index (χ1v) is 6.68. The molecule has 5 nitrogen and oxygen atoms in total. The maximum Gasteiger partial charge on any atom is 0.273 e. The summed E-state index contributed by atoms with van der Waals surface area (Å²) in [5, 5.41) is 17.1. The molecule has 1 unspecified atom stereocenters. The number of aryl methyl sites for hydroxylation is 1. The van der Waals surface area contributed by atoms with Gasteiger partial charge < -0.3 is 14.9 Å². The minimum atomic E-state index is -1.01. The fraction of sp³-hybridized carbons (Fsp3) is 0.333. The SMILES string of the molecule is O=C(NCC1(O)CCCc2ccccc21)c1ccon1. The first kappa shape index (κ1) is 12.9. The van der Waals surface area contributed by atoms with Crippen molar-refractivity contribution in [2.75, 3.05) is 6.54 Å². The Hall–Kier alpha value is -2.14. The van der Waals surface area contributed by atoms with Crippen molar-refractivity contribution in [1.29, 1.82) is 0 Å². The number of carbonyl (C=O) groups is 1. The van der Waals surface area contributed by atoms with E-state index in [2.05, 4.69) is 15.0 Å². The van der Waals surface area contributed by atoms with Gasteiger partial charge in [-0.15, -0.1) is 0 Å². The summed E-state index contributed by atoms with van der Waals surface area (Å²) in [6.45, 7) is 0.176. The van der Waals surface area contributed by atoms with Crippen LogP contribution in [0, 0.1) is 0 Å². The zero-order chi connectivity index (χ0) is 14.0. The summed E-state index contributed by atoms with van der Waals surface area (Å²) in [4.78, 5) is 11.9. The topological polar surface area (TPSA) is 75.4 Å². The highest BCUT2D eigenvalue weighted by Crippen LogP contribution is 2.34. The van der Waals surface area contributed by atoms with Gasteiger partial charge in [-0.25, -0.2) is 0 Å². The molecule has 2 N–H and O–H groups in total. The molecule has 1 heterocycles. The molecule has 1 atom stereocenters. The fourth-order valence-electron chi connectivity index (χ4n) is 2.73. The predicted octanol–water partition coefficient (Wildman–Crippen LogP) is 1.63. The molecule has 0 saturated carbocycles. The van der Waals surface area contributed by atoms with Gasteiger partial charge in [0.15, 0.2) is 5.69 Å². The van der Waals surface area contributed by atoms with Crippen LogP contribution >= 0.6 is 0 Å². The number of nitrogens with zero attached hydrogens (tertiary/aromatic N) is 1. The minimum Gasteiger partial charge on any atom is -0.383 e. The second-order valence-corrected chi connectivity index (χ2v) is 5.11. The van der Waals surface area contributed by atoms with Crippen molar-refractivity contribution >= 4 is 5.91 Å². The van der Waals surface area contributed by atoms with E-state index in [4.69, 9.17) is 0 Å². The Morgan fingerprint density at radius 3 is 3.05 bits per heavy atom. The van der Waals surface area contributed by atoms with Crippen LogP contribution in [0.15, 0.2) is 41.1 Å². The van der Waals surface area contributed by atoms with E-state index >= 15 is 0 Å². The maximum absolute atomic E-state index is 11.9. The van der Waals surface area contributed by atoms with Crippen molar-refractivity contribution in [3.63, 3.8) is 0 Å². The van der Waals surface area contributed by atoms with Crippen LogP contribution in [0.5, 0.6) is 0 Å². The third-order valence-electron chi connectivity index (χ3n) is 3.77. The molecule has 1 aliphatic carbocycles. The molecule has 0 aliphatic heterocycles. The fourth-order valence-corrected chi connectivity index (χ4v) is 2.73. The largest absolute Gasteiger partial charge is 0.383 e. The van der Waals surface area contributed by atoms with Gasteiger partial charge in [-0.3, -0.25) is 4.79 Å². The van der Waals surface area contributed by atoms with E-state index in [1.54, 1.807) is 0 Å². The Kier molecular flexibility index (Phi) is 3.28. The first-order valence-electron chi connectivity index (χ1n) is 6.68. The van der Waals surface area contributed by atoms with Crippen LogP contribution in [0.3, 0.4) is 0 Å². The molecule has 0 spiro atoms. The van der Waals surface area contributed by atoms with Crippen LogP contribution < -0.4 is 5.32 Å². The molecule has 0 bridgehead atoms. The summed E-state index contributed by atoms with van der Waals surface area (Å²) >= 11 is 0. The Morgan fingerprint density at radius 1 is 1.40 bits per heavy atom. The number of aliphatic hydroxyl groups is 1. The number of amides is 1. The standard InChI is InChI=1S/C15H16N2O3/c18-14(13-7-9-20-17-13)16-10-15(19)8-3-5-11-4-1-2-6-12(11)15/h1-2,4,6-7,9,19H,3,5,8,10H2,(H,16,18). The lowest BCUT2D eigenvalue weighted by molar-refractivity contribution is 0.0188. The van der Waals surface area contributed by atoms with Crippen molar-refractivity contribution < 1.29 is 14.4 Å². The third kappa shape index (κ3) is 2.32.